The molecule has 0 radical (unpaired) electrons. The SMILES string of the molecule is C=C1CC[C@H](O)[C@@H](O)/C1=C/C=C1\CCC[C@@]2(C)[C@H]1CC[C@H]2C(C)CCCC(C)(C)O. The van der Waals surface area contributed by atoms with Gasteiger partial charge >= 0.3 is 0 Å². The minimum absolute atomic E-state index is 0.360. The van der Waals surface area contributed by atoms with Gasteiger partial charge in [0.15, 0.2) is 0 Å². The zero-order valence-electron chi connectivity index (χ0n) is 19.7. The van der Waals surface area contributed by atoms with Crippen molar-refractivity contribution in [2.45, 2.75) is 110 Å². The van der Waals surface area contributed by atoms with Gasteiger partial charge in [0.2, 0.25) is 0 Å². The van der Waals surface area contributed by atoms with E-state index in [1.54, 1.807) is 0 Å². The summed E-state index contributed by atoms with van der Waals surface area (Å²) in [6.07, 6.45) is 13.6. The van der Waals surface area contributed by atoms with Crippen LogP contribution in [0, 0.1) is 23.2 Å². The summed E-state index contributed by atoms with van der Waals surface area (Å²) in [6.45, 7) is 12.9. The van der Waals surface area contributed by atoms with Crippen molar-refractivity contribution in [2.75, 3.05) is 0 Å². The molecule has 3 rings (SSSR count). The number of fused-ring (bicyclic) bond motifs is 1. The molecule has 170 valence electrons. The summed E-state index contributed by atoms with van der Waals surface area (Å²) in [7, 11) is 0. The lowest BCUT2D eigenvalue weighted by Crippen LogP contribution is -2.36. The average molecular weight is 417 g/mol. The summed E-state index contributed by atoms with van der Waals surface area (Å²) < 4.78 is 0. The molecule has 0 heterocycles. The fraction of sp³-hybridized carbons (Fsp3) is 0.778. The minimum Gasteiger partial charge on any atom is -0.390 e. The van der Waals surface area contributed by atoms with Crippen molar-refractivity contribution >= 4 is 0 Å². The van der Waals surface area contributed by atoms with E-state index in [0.717, 1.165) is 42.7 Å². The highest BCUT2D eigenvalue weighted by Crippen LogP contribution is 2.60. The van der Waals surface area contributed by atoms with Gasteiger partial charge in [-0.05, 0) is 99.5 Å². The molecule has 0 amide bonds. The van der Waals surface area contributed by atoms with Gasteiger partial charge in [-0.2, -0.15) is 0 Å². The van der Waals surface area contributed by atoms with Gasteiger partial charge in [0.1, 0.15) is 6.10 Å². The Hall–Kier alpha value is -0.900. The van der Waals surface area contributed by atoms with Crippen LogP contribution in [0.4, 0.5) is 0 Å². The molecule has 0 aromatic heterocycles. The van der Waals surface area contributed by atoms with Gasteiger partial charge in [-0.25, -0.2) is 0 Å². The highest BCUT2D eigenvalue weighted by atomic mass is 16.3. The molecule has 3 nitrogen and oxygen atoms in total. The zero-order chi connectivity index (χ0) is 22.1. The first-order valence-electron chi connectivity index (χ1n) is 12.2. The van der Waals surface area contributed by atoms with Crippen LogP contribution < -0.4 is 0 Å². The number of rotatable bonds is 6. The average Bonchev–Trinajstić information content (AvgIpc) is 3.01. The Labute approximate surface area is 184 Å². The van der Waals surface area contributed by atoms with Crippen LogP contribution in [0.5, 0.6) is 0 Å². The van der Waals surface area contributed by atoms with Crippen LogP contribution in [0.25, 0.3) is 0 Å². The molecule has 3 aliphatic rings. The van der Waals surface area contributed by atoms with E-state index in [1.807, 2.05) is 13.8 Å². The maximum Gasteiger partial charge on any atom is 0.105 e. The molecule has 0 aromatic carbocycles. The number of hydrogen-bond donors (Lipinski definition) is 3. The summed E-state index contributed by atoms with van der Waals surface area (Å²) in [6, 6.07) is 0. The van der Waals surface area contributed by atoms with E-state index < -0.39 is 17.8 Å². The summed E-state index contributed by atoms with van der Waals surface area (Å²) >= 11 is 0. The third-order valence-electron chi connectivity index (χ3n) is 8.48. The summed E-state index contributed by atoms with van der Waals surface area (Å²) in [5.74, 6) is 2.07. The Balaban J connectivity index is 1.72. The van der Waals surface area contributed by atoms with E-state index in [4.69, 9.17) is 0 Å². The second-order valence-corrected chi connectivity index (χ2v) is 11.3. The van der Waals surface area contributed by atoms with Crippen LogP contribution in [0.2, 0.25) is 0 Å². The van der Waals surface area contributed by atoms with E-state index in [2.05, 4.69) is 32.6 Å². The molecule has 3 heteroatoms. The van der Waals surface area contributed by atoms with Crippen molar-refractivity contribution in [3.8, 4) is 0 Å². The lowest BCUT2D eigenvalue weighted by atomic mass is 9.60. The number of hydrogen-bond acceptors (Lipinski definition) is 3. The van der Waals surface area contributed by atoms with Crippen LogP contribution in [0.1, 0.15) is 91.9 Å². The van der Waals surface area contributed by atoms with E-state index >= 15 is 0 Å². The topological polar surface area (TPSA) is 60.7 Å². The molecule has 0 spiro atoms. The lowest BCUT2D eigenvalue weighted by molar-refractivity contribution is 0.0299. The third-order valence-corrected chi connectivity index (χ3v) is 8.48. The molecular weight excluding hydrogens is 372 g/mol. The first-order valence-corrected chi connectivity index (χ1v) is 12.2. The van der Waals surface area contributed by atoms with Crippen LogP contribution in [-0.4, -0.2) is 33.1 Å². The van der Waals surface area contributed by atoms with E-state index in [0.29, 0.717) is 23.7 Å². The second kappa shape index (κ2) is 9.30. The predicted octanol–water partition coefficient (Wildman–Crippen LogP) is 5.70. The molecule has 0 bridgehead atoms. The summed E-state index contributed by atoms with van der Waals surface area (Å²) in [5, 5.41) is 30.5. The lowest BCUT2D eigenvalue weighted by Gasteiger charge is -2.44. The largest absolute Gasteiger partial charge is 0.390 e. The summed E-state index contributed by atoms with van der Waals surface area (Å²) in [4.78, 5) is 0. The van der Waals surface area contributed by atoms with E-state index in [-0.39, 0.29) is 0 Å². The van der Waals surface area contributed by atoms with Gasteiger partial charge in [0, 0.05) is 0 Å². The Morgan fingerprint density at radius 2 is 1.90 bits per heavy atom. The molecule has 0 aliphatic heterocycles. The first kappa shape index (κ1) is 23.8. The first-order chi connectivity index (χ1) is 14.0. The van der Waals surface area contributed by atoms with E-state index in [9.17, 15) is 15.3 Å². The van der Waals surface area contributed by atoms with Gasteiger partial charge in [-0.3, -0.25) is 0 Å². The van der Waals surface area contributed by atoms with Crippen molar-refractivity contribution in [3.63, 3.8) is 0 Å². The zero-order valence-corrected chi connectivity index (χ0v) is 19.7. The monoisotopic (exact) mass is 416 g/mol. The fourth-order valence-corrected chi connectivity index (χ4v) is 6.73. The highest BCUT2D eigenvalue weighted by Gasteiger charge is 2.50. The van der Waals surface area contributed by atoms with Gasteiger partial charge in [-0.15, -0.1) is 0 Å². The summed E-state index contributed by atoms with van der Waals surface area (Å²) in [5.41, 5.74) is 3.12. The Morgan fingerprint density at radius 3 is 2.60 bits per heavy atom. The standard InChI is InChI=1S/C27H44O3/c1-18-10-15-24(28)25(29)21(18)12-11-20-9-7-17-27(5)22(13-14-23(20)27)19(2)8-6-16-26(3,4)30/h11-12,19,22-25,28-30H,1,6-10,13-17H2,2-5H3/b20-11+,21-12+/t19?,22-,23-,24-,25-,27+/m0/s1. The van der Waals surface area contributed by atoms with Crippen molar-refractivity contribution in [2.24, 2.45) is 23.2 Å². The molecule has 3 aliphatic carbocycles. The van der Waals surface area contributed by atoms with Gasteiger partial charge in [0.05, 0.1) is 11.7 Å². The van der Waals surface area contributed by atoms with E-state index in [1.165, 1.54) is 37.7 Å². The molecule has 6 atom stereocenters. The van der Waals surface area contributed by atoms with Crippen LogP contribution in [-0.2, 0) is 0 Å². The molecular formula is C27H44O3. The number of allylic oxidation sites excluding steroid dienone is 3. The molecule has 30 heavy (non-hydrogen) atoms. The van der Waals surface area contributed by atoms with Gasteiger partial charge < -0.3 is 15.3 Å². The van der Waals surface area contributed by atoms with Crippen molar-refractivity contribution in [1.29, 1.82) is 0 Å². The molecule has 0 aromatic rings. The quantitative estimate of drug-likeness (QED) is 0.520. The van der Waals surface area contributed by atoms with Crippen molar-refractivity contribution in [3.05, 3.63) is 35.5 Å². The Morgan fingerprint density at radius 1 is 1.17 bits per heavy atom. The molecule has 3 N–H and O–H groups in total. The third kappa shape index (κ3) is 5.11. The highest BCUT2D eigenvalue weighted by molar-refractivity contribution is 5.39. The number of aliphatic hydroxyl groups is 3. The Kier molecular flexibility index (Phi) is 7.37. The normalized spacial score (nSPS) is 38.8. The van der Waals surface area contributed by atoms with Crippen molar-refractivity contribution in [1.82, 2.24) is 0 Å². The van der Waals surface area contributed by atoms with Gasteiger partial charge in [-0.1, -0.05) is 51.0 Å². The maximum atomic E-state index is 10.4. The molecule has 3 saturated carbocycles. The minimum atomic E-state index is -0.801. The van der Waals surface area contributed by atoms with Crippen LogP contribution in [0.15, 0.2) is 35.5 Å². The smallest absolute Gasteiger partial charge is 0.105 e. The van der Waals surface area contributed by atoms with Gasteiger partial charge in [0.25, 0.3) is 0 Å². The maximum absolute atomic E-state index is 10.4. The molecule has 3 fully saturated rings. The van der Waals surface area contributed by atoms with Crippen molar-refractivity contribution < 1.29 is 15.3 Å². The molecule has 1 unspecified atom stereocenters. The fourth-order valence-electron chi connectivity index (χ4n) is 6.73. The van der Waals surface area contributed by atoms with Crippen LogP contribution >= 0.6 is 0 Å². The molecule has 0 saturated heterocycles. The Bertz CT molecular complexity index is 683. The second-order valence-electron chi connectivity index (χ2n) is 11.3. The number of aliphatic hydroxyl groups excluding tert-OH is 2. The van der Waals surface area contributed by atoms with Crippen LogP contribution in [0.3, 0.4) is 0 Å². The predicted molar refractivity (Wildman–Crippen MR) is 124 cm³/mol.